The van der Waals surface area contributed by atoms with Crippen molar-refractivity contribution < 1.29 is 4.79 Å². The summed E-state index contributed by atoms with van der Waals surface area (Å²) in [5, 5.41) is 3.35. The van der Waals surface area contributed by atoms with Crippen LogP contribution in [0.4, 0.5) is 0 Å². The van der Waals surface area contributed by atoms with E-state index in [1.165, 1.54) is 0 Å². The second kappa shape index (κ2) is 9.98. The molecule has 1 N–H and O–H groups in total. The number of nitrogens with one attached hydrogen (secondary N) is 1. The Morgan fingerprint density at radius 2 is 2.05 bits per heavy atom. The molecular weight excluding hydrogens is 309 g/mol. The quantitative estimate of drug-likeness (QED) is 0.921. The van der Waals surface area contributed by atoms with Crippen LogP contribution in [0, 0.1) is 6.92 Å². The number of hydrogen-bond acceptors (Lipinski definition) is 3. The van der Waals surface area contributed by atoms with Crippen LogP contribution in [0.5, 0.6) is 0 Å². The number of carbonyl (C=O) groups excluding carboxylic acids is 1. The highest BCUT2D eigenvalue weighted by molar-refractivity contribution is 5.93. The first kappa shape index (κ1) is 20.2. The summed E-state index contributed by atoms with van der Waals surface area (Å²) in [6.45, 7) is 6.89. The standard InChI is InChI=1S/C15H23N3O.2ClH/c1-3-11-18(13-6-9-16-10-7-13)15(19)14-12(2)5-4-8-17-14;;/h4-5,8,13,16H,3,6-7,9-11H2,1-2H3;2*1H. The van der Waals surface area contributed by atoms with Crippen LogP contribution in [-0.2, 0) is 0 Å². The van der Waals surface area contributed by atoms with E-state index in [2.05, 4.69) is 17.2 Å². The van der Waals surface area contributed by atoms with E-state index in [1.807, 2.05) is 24.0 Å². The Morgan fingerprint density at radius 1 is 1.38 bits per heavy atom. The molecule has 1 aromatic rings. The van der Waals surface area contributed by atoms with Crippen molar-refractivity contribution in [3.63, 3.8) is 0 Å². The van der Waals surface area contributed by atoms with Gasteiger partial charge in [-0.15, -0.1) is 24.8 Å². The fourth-order valence-electron chi connectivity index (χ4n) is 2.65. The number of pyridine rings is 1. The number of nitrogens with zero attached hydrogens (tertiary/aromatic N) is 2. The zero-order valence-corrected chi connectivity index (χ0v) is 14.3. The highest BCUT2D eigenvalue weighted by Crippen LogP contribution is 2.17. The second-order valence-corrected chi connectivity index (χ2v) is 5.15. The smallest absolute Gasteiger partial charge is 0.272 e. The van der Waals surface area contributed by atoms with Gasteiger partial charge >= 0.3 is 0 Å². The average Bonchev–Trinajstić information content (AvgIpc) is 2.45. The van der Waals surface area contributed by atoms with E-state index in [-0.39, 0.29) is 30.7 Å². The molecule has 0 atom stereocenters. The normalized spacial score (nSPS) is 14.8. The number of hydrogen-bond donors (Lipinski definition) is 1. The molecule has 0 aliphatic carbocycles. The zero-order chi connectivity index (χ0) is 13.7. The molecular formula is C15H25Cl2N3O. The van der Waals surface area contributed by atoms with E-state index in [0.717, 1.165) is 44.5 Å². The fourth-order valence-corrected chi connectivity index (χ4v) is 2.65. The summed E-state index contributed by atoms with van der Waals surface area (Å²) < 4.78 is 0. The first-order valence-corrected chi connectivity index (χ1v) is 7.17. The third-order valence-corrected chi connectivity index (χ3v) is 3.69. The average molecular weight is 334 g/mol. The largest absolute Gasteiger partial charge is 0.334 e. The molecule has 120 valence electrons. The van der Waals surface area contributed by atoms with Crippen LogP contribution in [0.25, 0.3) is 0 Å². The van der Waals surface area contributed by atoms with Gasteiger partial charge in [0.2, 0.25) is 0 Å². The van der Waals surface area contributed by atoms with Crippen LogP contribution < -0.4 is 5.32 Å². The molecule has 0 radical (unpaired) electrons. The first-order valence-electron chi connectivity index (χ1n) is 7.17. The van der Waals surface area contributed by atoms with Gasteiger partial charge in [0, 0.05) is 18.8 Å². The summed E-state index contributed by atoms with van der Waals surface area (Å²) in [6, 6.07) is 4.18. The molecule has 0 aromatic carbocycles. The van der Waals surface area contributed by atoms with Crippen molar-refractivity contribution in [3.05, 3.63) is 29.6 Å². The maximum Gasteiger partial charge on any atom is 0.272 e. The summed E-state index contributed by atoms with van der Waals surface area (Å²) in [5.74, 6) is 0.0897. The fraction of sp³-hybridized carbons (Fsp3) is 0.600. The minimum atomic E-state index is 0. The van der Waals surface area contributed by atoms with Crippen molar-refractivity contribution in [3.8, 4) is 0 Å². The molecule has 1 aliphatic heterocycles. The number of aromatic nitrogens is 1. The monoisotopic (exact) mass is 333 g/mol. The molecule has 21 heavy (non-hydrogen) atoms. The number of amides is 1. The summed E-state index contributed by atoms with van der Waals surface area (Å²) in [4.78, 5) is 19.0. The first-order chi connectivity index (χ1) is 9.24. The van der Waals surface area contributed by atoms with Gasteiger partial charge in [-0.2, -0.15) is 0 Å². The maximum absolute atomic E-state index is 12.7. The van der Waals surface area contributed by atoms with Crippen molar-refractivity contribution in [2.24, 2.45) is 0 Å². The lowest BCUT2D eigenvalue weighted by atomic mass is 10.0. The molecule has 0 bridgehead atoms. The van der Waals surface area contributed by atoms with Crippen molar-refractivity contribution in [1.29, 1.82) is 0 Å². The Morgan fingerprint density at radius 3 is 2.62 bits per heavy atom. The van der Waals surface area contributed by atoms with Crippen LogP contribution in [-0.4, -0.2) is 41.5 Å². The van der Waals surface area contributed by atoms with E-state index in [1.54, 1.807) is 6.20 Å². The van der Waals surface area contributed by atoms with E-state index in [4.69, 9.17) is 0 Å². The van der Waals surface area contributed by atoms with Gasteiger partial charge < -0.3 is 10.2 Å². The second-order valence-electron chi connectivity index (χ2n) is 5.15. The number of halogens is 2. The lowest BCUT2D eigenvalue weighted by Gasteiger charge is -2.34. The van der Waals surface area contributed by atoms with Crippen molar-refractivity contribution in [2.45, 2.75) is 39.2 Å². The molecule has 1 amide bonds. The van der Waals surface area contributed by atoms with Crippen molar-refractivity contribution >= 4 is 30.7 Å². The minimum absolute atomic E-state index is 0. The Kier molecular flexibility index (Phi) is 9.58. The lowest BCUT2D eigenvalue weighted by Crippen LogP contribution is -2.46. The summed E-state index contributed by atoms with van der Waals surface area (Å²) in [5.41, 5.74) is 1.57. The predicted octanol–water partition coefficient (Wildman–Crippen LogP) is 2.84. The van der Waals surface area contributed by atoms with Gasteiger partial charge in [-0.3, -0.25) is 9.78 Å². The molecule has 0 spiro atoms. The Hall–Kier alpha value is -0.840. The predicted molar refractivity (Wildman–Crippen MR) is 90.7 cm³/mol. The molecule has 1 aliphatic rings. The molecule has 0 unspecified atom stereocenters. The van der Waals surface area contributed by atoms with E-state index in [0.29, 0.717) is 11.7 Å². The summed E-state index contributed by atoms with van der Waals surface area (Å²) in [7, 11) is 0. The Bertz CT molecular complexity index is 437. The van der Waals surface area contributed by atoms with Gasteiger partial charge in [-0.1, -0.05) is 13.0 Å². The number of carbonyl (C=O) groups is 1. The highest BCUT2D eigenvalue weighted by atomic mass is 35.5. The van der Waals surface area contributed by atoms with Gasteiger partial charge in [-0.05, 0) is 50.9 Å². The van der Waals surface area contributed by atoms with Crippen LogP contribution in [0.1, 0.15) is 42.2 Å². The third-order valence-electron chi connectivity index (χ3n) is 3.69. The van der Waals surface area contributed by atoms with Gasteiger partial charge in [0.05, 0.1) is 0 Å². The molecule has 2 rings (SSSR count). The maximum atomic E-state index is 12.7. The number of aryl methyl sites for hydroxylation is 1. The van der Waals surface area contributed by atoms with Gasteiger partial charge in [-0.25, -0.2) is 0 Å². The van der Waals surface area contributed by atoms with Gasteiger partial charge in [0.15, 0.2) is 0 Å². The molecule has 2 heterocycles. The molecule has 1 aromatic heterocycles. The van der Waals surface area contributed by atoms with Crippen molar-refractivity contribution in [2.75, 3.05) is 19.6 Å². The Balaban J connectivity index is 0.00000200. The summed E-state index contributed by atoms with van der Waals surface area (Å²) in [6.07, 6.45) is 4.77. The van der Waals surface area contributed by atoms with E-state index >= 15 is 0 Å². The minimum Gasteiger partial charge on any atom is -0.334 e. The van der Waals surface area contributed by atoms with Crippen LogP contribution in [0.15, 0.2) is 18.3 Å². The molecule has 1 saturated heterocycles. The van der Waals surface area contributed by atoms with Gasteiger partial charge in [0.1, 0.15) is 5.69 Å². The van der Waals surface area contributed by atoms with Gasteiger partial charge in [0.25, 0.3) is 5.91 Å². The number of rotatable bonds is 4. The van der Waals surface area contributed by atoms with E-state index in [9.17, 15) is 4.79 Å². The highest BCUT2D eigenvalue weighted by Gasteiger charge is 2.26. The zero-order valence-electron chi connectivity index (χ0n) is 12.7. The molecule has 6 heteroatoms. The van der Waals surface area contributed by atoms with E-state index < -0.39 is 0 Å². The number of piperidine rings is 1. The van der Waals surface area contributed by atoms with Crippen LogP contribution >= 0.6 is 24.8 Å². The van der Waals surface area contributed by atoms with Crippen LogP contribution in [0.3, 0.4) is 0 Å². The SMILES string of the molecule is CCCN(C(=O)c1ncccc1C)C1CCNCC1.Cl.Cl. The molecule has 0 saturated carbocycles. The Labute approximate surface area is 139 Å². The lowest BCUT2D eigenvalue weighted by molar-refractivity contribution is 0.0636. The van der Waals surface area contributed by atoms with Crippen molar-refractivity contribution in [1.82, 2.24) is 15.2 Å². The topological polar surface area (TPSA) is 45.2 Å². The summed E-state index contributed by atoms with van der Waals surface area (Å²) >= 11 is 0. The molecule has 1 fully saturated rings. The molecule has 4 nitrogen and oxygen atoms in total. The third kappa shape index (κ3) is 5.13. The van der Waals surface area contributed by atoms with Crippen LogP contribution in [0.2, 0.25) is 0 Å².